The SMILES string of the molecule is Cc1cc2c(cc1C)C(=O)N1CCC[C@H]1C(=O)N2. The van der Waals surface area contributed by atoms with Crippen molar-refractivity contribution in [1.82, 2.24) is 4.90 Å². The lowest BCUT2D eigenvalue weighted by Gasteiger charge is -2.20. The van der Waals surface area contributed by atoms with Gasteiger partial charge in [0.25, 0.3) is 5.91 Å². The maximum Gasteiger partial charge on any atom is 0.256 e. The van der Waals surface area contributed by atoms with Crippen LogP contribution >= 0.6 is 0 Å². The molecular formula is C14H16N2O2. The van der Waals surface area contributed by atoms with Crippen LogP contribution < -0.4 is 5.32 Å². The predicted molar refractivity (Wildman–Crippen MR) is 68.6 cm³/mol. The molecule has 2 aliphatic heterocycles. The number of carbonyl (C=O) groups is 2. The zero-order valence-corrected chi connectivity index (χ0v) is 10.6. The minimum absolute atomic E-state index is 0.0195. The number of nitrogens with one attached hydrogen (secondary N) is 1. The van der Waals surface area contributed by atoms with Crippen molar-refractivity contribution < 1.29 is 9.59 Å². The van der Waals surface area contributed by atoms with Crippen molar-refractivity contribution in [2.75, 3.05) is 11.9 Å². The number of benzene rings is 1. The number of carbonyl (C=O) groups excluding carboxylic acids is 2. The number of anilines is 1. The molecule has 2 aliphatic rings. The second-order valence-corrected chi connectivity index (χ2v) is 5.13. The minimum atomic E-state index is -0.287. The molecule has 2 heterocycles. The van der Waals surface area contributed by atoms with Crippen LogP contribution in [0.15, 0.2) is 12.1 Å². The summed E-state index contributed by atoms with van der Waals surface area (Å²) in [5.41, 5.74) is 3.44. The average molecular weight is 244 g/mol. The highest BCUT2D eigenvalue weighted by Gasteiger charge is 2.38. The molecule has 0 aromatic heterocycles. The summed E-state index contributed by atoms with van der Waals surface area (Å²) in [7, 11) is 0. The normalized spacial score (nSPS) is 22.3. The van der Waals surface area contributed by atoms with Gasteiger partial charge in [0.05, 0.1) is 11.3 Å². The van der Waals surface area contributed by atoms with Gasteiger partial charge in [0.1, 0.15) is 6.04 Å². The molecule has 0 aliphatic carbocycles. The van der Waals surface area contributed by atoms with E-state index in [1.54, 1.807) is 4.90 Å². The van der Waals surface area contributed by atoms with Crippen LogP contribution in [0.3, 0.4) is 0 Å². The summed E-state index contributed by atoms with van der Waals surface area (Å²) in [6, 6.07) is 3.49. The summed E-state index contributed by atoms with van der Waals surface area (Å²) in [5, 5.41) is 2.89. The molecule has 4 nitrogen and oxygen atoms in total. The van der Waals surface area contributed by atoms with Crippen LogP contribution in [-0.2, 0) is 4.79 Å². The van der Waals surface area contributed by atoms with Crippen molar-refractivity contribution in [2.24, 2.45) is 0 Å². The average Bonchev–Trinajstić information content (AvgIpc) is 2.78. The van der Waals surface area contributed by atoms with E-state index in [-0.39, 0.29) is 17.9 Å². The van der Waals surface area contributed by atoms with E-state index >= 15 is 0 Å². The zero-order valence-electron chi connectivity index (χ0n) is 10.6. The van der Waals surface area contributed by atoms with Crippen LogP contribution in [0, 0.1) is 13.8 Å². The number of amides is 2. The Morgan fingerprint density at radius 3 is 2.72 bits per heavy atom. The molecule has 18 heavy (non-hydrogen) atoms. The van der Waals surface area contributed by atoms with Crippen molar-refractivity contribution in [1.29, 1.82) is 0 Å². The van der Waals surface area contributed by atoms with Crippen LogP contribution in [0.25, 0.3) is 0 Å². The highest BCUT2D eigenvalue weighted by atomic mass is 16.2. The number of aryl methyl sites for hydroxylation is 2. The molecule has 94 valence electrons. The molecule has 0 spiro atoms. The van der Waals surface area contributed by atoms with Gasteiger partial charge in [-0.3, -0.25) is 9.59 Å². The summed E-state index contributed by atoms with van der Waals surface area (Å²) in [5.74, 6) is -0.0724. The fourth-order valence-electron chi connectivity index (χ4n) is 2.75. The van der Waals surface area contributed by atoms with E-state index in [0.717, 1.165) is 24.0 Å². The largest absolute Gasteiger partial charge is 0.327 e. The zero-order chi connectivity index (χ0) is 12.9. The van der Waals surface area contributed by atoms with Crippen LogP contribution in [0.2, 0.25) is 0 Å². The second-order valence-electron chi connectivity index (χ2n) is 5.13. The lowest BCUT2D eigenvalue weighted by molar-refractivity contribution is -0.119. The molecule has 4 heteroatoms. The lowest BCUT2D eigenvalue weighted by atomic mass is 10.0. The van der Waals surface area contributed by atoms with Crippen LogP contribution in [0.5, 0.6) is 0 Å². The molecule has 1 fully saturated rings. The Balaban J connectivity index is 2.14. The highest BCUT2D eigenvalue weighted by Crippen LogP contribution is 2.30. The molecule has 1 saturated heterocycles. The maximum atomic E-state index is 12.5. The fourth-order valence-corrected chi connectivity index (χ4v) is 2.75. The summed E-state index contributed by atoms with van der Waals surface area (Å²) >= 11 is 0. The highest BCUT2D eigenvalue weighted by molar-refractivity contribution is 6.10. The number of rotatable bonds is 0. The molecule has 1 aromatic carbocycles. The van der Waals surface area contributed by atoms with E-state index in [1.165, 1.54) is 0 Å². The fraction of sp³-hybridized carbons (Fsp3) is 0.429. The summed E-state index contributed by atoms with van der Waals surface area (Å²) < 4.78 is 0. The first-order valence-electron chi connectivity index (χ1n) is 6.31. The van der Waals surface area contributed by atoms with Gasteiger partial charge in [-0.1, -0.05) is 0 Å². The van der Waals surface area contributed by atoms with E-state index in [0.29, 0.717) is 17.8 Å². The third-order valence-corrected chi connectivity index (χ3v) is 3.94. The predicted octanol–water partition coefficient (Wildman–Crippen LogP) is 1.86. The number of hydrogen-bond donors (Lipinski definition) is 1. The Morgan fingerprint density at radius 1 is 1.22 bits per heavy atom. The number of hydrogen-bond acceptors (Lipinski definition) is 2. The van der Waals surface area contributed by atoms with Gasteiger partial charge >= 0.3 is 0 Å². The maximum absolute atomic E-state index is 12.5. The quantitative estimate of drug-likeness (QED) is 0.757. The molecule has 0 unspecified atom stereocenters. The molecule has 1 N–H and O–H groups in total. The van der Waals surface area contributed by atoms with Gasteiger partial charge in [-0.15, -0.1) is 0 Å². The van der Waals surface area contributed by atoms with Crippen LogP contribution in [-0.4, -0.2) is 29.3 Å². The van der Waals surface area contributed by atoms with Crippen LogP contribution in [0.4, 0.5) is 5.69 Å². The van der Waals surface area contributed by atoms with Gasteiger partial charge in [-0.05, 0) is 49.9 Å². The molecule has 2 amide bonds. The Hall–Kier alpha value is -1.84. The van der Waals surface area contributed by atoms with Gasteiger partial charge in [0.15, 0.2) is 0 Å². The molecule has 0 saturated carbocycles. The van der Waals surface area contributed by atoms with Crippen molar-refractivity contribution >= 4 is 17.5 Å². The Kier molecular flexibility index (Phi) is 2.40. The van der Waals surface area contributed by atoms with E-state index < -0.39 is 0 Å². The lowest BCUT2D eigenvalue weighted by Crippen LogP contribution is -2.40. The summed E-state index contributed by atoms with van der Waals surface area (Å²) in [6.07, 6.45) is 1.67. The Bertz CT molecular complexity index is 551. The van der Waals surface area contributed by atoms with Crippen LogP contribution in [0.1, 0.15) is 34.3 Å². The van der Waals surface area contributed by atoms with Gasteiger partial charge in [-0.2, -0.15) is 0 Å². The Morgan fingerprint density at radius 2 is 1.94 bits per heavy atom. The van der Waals surface area contributed by atoms with Crippen molar-refractivity contribution in [3.63, 3.8) is 0 Å². The molecule has 1 aromatic rings. The first-order valence-corrected chi connectivity index (χ1v) is 6.31. The molecule has 0 bridgehead atoms. The third-order valence-electron chi connectivity index (χ3n) is 3.94. The molecule has 0 radical (unpaired) electrons. The third kappa shape index (κ3) is 1.52. The number of nitrogens with zero attached hydrogens (tertiary/aromatic N) is 1. The Labute approximate surface area is 106 Å². The molecular weight excluding hydrogens is 228 g/mol. The van der Waals surface area contributed by atoms with Crippen molar-refractivity contribution in [3.8, 4) is 0 Å². The van der Waals surface area contributed by atoms with Gasteiger partial charge in [0.2, 0.25) is 5.91 Å². The molecule has 3 rings (SSSR count). The standard InChI is InChI=1S/C14H16N2O2/c1-8-6-10-11(7-9(8)2)15-13(17)12-4-3-5-16(12)14(10)18/h6-7,12H,3-5H2,1-2H3,(H,15,17)/t12-/m0/s1. The van der Waals surface area contributed by atoms with Crippen molar-refractivity contribution in [2.45, 2.75) is 32.7 Å². The van der Waals surface area contributed by atoms with Gasteiger partial charge in [-0.25, -0.2) is 0 Å². The van der Waals surface area contributed by atoms with Crippen molar-refractivity contribution in [3.05, 3.63) is 28.8 Å². The van der Waals surface area contributed by atoms with E-state index in [4.69, 9.17) is 0 Å². The number of fused-ring (bicyclic) bond motifs is 2. The first kappa shape index (κ1) is 11.3. The molecule has 1 atom stereocenters. The minimum Gasteiger partial charge on any atom is -0.327 e. The monoisotopic (exact) mass is 244 g/mol. The summed E-state index contributed by atoms with van der Waals surface area (Å²) in [6.45, 7) is 4.65. The topological polar surface area (TPSA) is 49.4 Å². The summed E-state index contributed by atoms with van der Waals surface area (Å²) in [4.78, 5) is 26.3. The smallest absolute Gasteiger partial charge is 0.256 e. The van der Waals surface area contributed by atoms with E-state index in [1.807, 2.05) is 26.0 Å². The van der Waals surface area contributed by atoms with E-state index in [9.17, 15) is 9.59 Å². The second kappa shape index (κ2) is 3.83. The van der Waals surface area contributed by atoms with E-state index in [2.05, 4.69) is 5.32 Å². The van der Waals surface area contributed by atoms with Gasteiger partial charge < -0.3 is 10.2 Å². The first-order chi connectivity index (χ1) is 8.58. The van der Waals surface area contributed by atoms with Gasteiger partial charge in [0, 0.05) is 6.54 Å².